The number of nitriles is 1. The Balaban J connectivity index is 1.94. The highest BCUT2D eigenvalue weighted by Gasteiger charge is 2.17. The van der Waals surface area contributed by atoms with Gasteiger partial charge in [-0.1, -0.05) is 12.1 Å². The van der Waals surface area contributed by atoms with Gasteiger partial charge in [-0.25, -0.2) is 4.39 Å². The van der Waals surface area contributed by atoms with Crippen LogP contribution in [0.1, 0.15) is 21.4 Å². The van der Waals surface area contributed by atoms with E-state index in [-0.39, 0.29) is 6.04 Å². The van der Waals surface area contributed by atoms with Crippen molar-refractivity contribution in [1.82, 2.24) is 0 Å². The van der Waals surface area contributed by atoms with Crippen LogP contribution < -0.4 is 5.32 Å². The lowest BCUT2D eigenvalue weighted by molar-refractivity contribution is 0.628. The number of rotatable bonds is 4. The molecule has 0 bridgehead atoms. The zero-order valence-electron chi connectivity index (χ0n) is 10.9. The van der Waals surface area contributed by atoms with Crippen LogP contribution in [0, 0.1) is 17.1 Å². The first kappa shape index (κ1) is 13.8. The normalized spacial score (nSPS) is 10.5. The highest BCUT2D eigenvalue weighted by atomic mass is 32.1. The van der Waals surface area contributed by atoms with Crippen molar-refractivity contribution in [2.24, 2.45) is 0 Å². The van der Waals surface area contributed by atoms with Crippen LogP contribution in [0.5, 0.6) is 0 Å². The molecule has 0 radical (unpaired) electrons. The zero-order valence-corrected chi connectivity index (χ0v) is 12.5. The summed E-state index contributed by atoms with van der Waals surface area (Å²) in [4.78, 5) is 2.25. The minimum atomic E-state index is -0.410. The van der Waals surface area contributed by atoms with Crippen molar-refractivity contribution in [3.05, 3.63) is 74.4 Å². The fraction of sp³-hybridized carbons (Fsp3) is 0.0625. The number of benzene rings is 1. The quantitative estimate of drug-likeness (QED) is 0.734. The van der Waals surface area contributed by atoms with Crippen molar-refractivity contribution in [2.75, 3.05) is 5.32 Å². The molecule has 104 valence electrons. The van der Waals surface area contributed by atoms with Crippen molar-refractivity contribution in [3.63, 3.8) is 0 Å². The van der Waals surface area contributed by atoms with E-state index >= 15 is 0 Å². The van der Waals surface area contributed by atoms with Crippen LogP contribution in [0.2, 0.25) is 0 Å². The molecule has 21 heavy (non-hydrogen) atoms. The molecule has 3 aromatic rings. The van der Waals surface area contributed by atoms with Crippen molar-refractivity contribution < 1.29 is 4.39 Å². The predicted molar refractivity (Wildman–Crippen MR) is 85.2 cm³/mol. The molecule has 0 aliphatic rings. The van der Waals surface area contributed by atoms with Gasteiger partial charge >= 0.3 is 0 Å². The summed E-state index contributed by atoms with van der Waals surface area (Å²) in [5.74, 6) is -0.410. The van der Waals surface area contributed by atoms with Gasteiger partial charge in [0.15, 0.2) is 0 Å². The lowest BCUT2D eigenvalue weighted by Gasteiger charge is -2.18. The van der Waals surface area contributed by atoms with Gasteiger partial charge in [-0.05, 0) is 41.1 Å². The summed E-state index contributed by atoms with van der Waals surface area (Å²) in [6.45, 7) is 0. The number of thiophene rings is 2. The summed E-state index contributed by atoms with van der Waals surface area (Å²) >= 11 is 3.26. The average molecular weight is 314 g/mol. The van der Waals surface area contributed by atoms with E-state index in [9.17, 15) is 4.39 Å². The van der Waals surface area contributed by atoms with Gasteiger partial charge in [0.05, 0.1) is 23.4 Å². The van der Waals surface area contributed by atoms with E-state index in [0.717, 1.165) is 9.75 Å². The first-order chi connectivity index (χ1) is 10.3. The molecule has 0 aliphatic carbocycles. The van der Waals surface area contributed by atoms with Gasteiger partial charge in [0.2, 0.25) is 0 Å². The van der Waals surface area contributed by atoms with Crippen LogP contribution >= 0.6 is 22.7 Å². The largest absolute Gasteiger partial charge is 0.370 e. The molecular formula is C16H11FN2S2. The second-order valence-corrected chi connectivity index (χ2v) is 6.37. The first-order valence-electron chi connectivity index (χ1n) is 6.31. The Morgan fingerprint density at radius 1 is 1.05 bits per heavy atom. The van der Waals surface area contributed by atoms with Gasteiger partial charge in [0, 0.05) is 9.75 Å². The maximum Gasteiger partial charge on any atom is 0.147 e. The third-order valence-electron chi connectivity index (χ3n) is 3.05. The molecule has 2 heterocycles. The molecule has 5 heteroatoms. The van der Waals surface area contributed by atoms with E-state index < -0.39 is 5.82 Å². The van der Waals surface area contributed by atoms with Gasteiger partial charge < -0.3 is 5.32 Å². The van der Waals surface area contributed by atoms with Crippen molar-refractivity contribution in [1.29, 1.82) is 5.26 Å². The molecule has 0 saturated carbocycles. The summed E-state index contributed by atoms with van der Waals surface area (Å²) in [6, 6.07) is 14.4. The monoisotopic (exact) mass is 314 g/mol. The van der Waals surface area contributed by atoms with E-state index in [0.29, 0.717) is 11.3 Å². The van der Waals surface area contributed by atoms with E-state index in [1.54, 1.807) is 34.8 Å². The molecule has 0 amide bonds. The SMILES string of the molecule is N#Cc1ccc(NC(c2cccs2)c2cccs2)c(F)c1. The fourth-order valence-electron chi connectivity index (χ4n) is 2.05. The Morgan fingerprint density at radius 2 is 1.71 bits per heavy atom. The second kappa shape index (κ2) is 6.08. The molecule has 0 aliphatic heterocycles. The van der Waals surface area contributed by atoms with Crippen LogP contribution in [-0.2, 0) is 0 Å². The van der Waals surface area contributed by atoms with E-state index in [4.69, 9.17) is 5.26 Å². The van der Waals surface area contributed by atoms with E-state index in [1.807, 2.05) is 41.1 Å². The molecule has 3 rings (SSSR count). The van der Waals surface area contributed by atoms with Gasteiger partial charge in [0.25, 0.3) is 0 Å². The molecule has 0 unspecified atom stereocenters. The minimum Gasteiger partial charge on any atom is -0.370 e. The Kier molecular flexibility index (Phi) is 4.00. The Labute approximate surface area is 130 Å². The second-order valence-electron chi connectivity index (χ2n) is 4.41. The van der Waals surface area contributed by atoms with Crippen LogP contribution in [0.3, 0.4) is 0 Å². The Morgan fingerprint density at radius 3 is 2.19 bits per heavy atom. The van der Waals surface area contributed by atoms with Gasteiger partial charge in [-0.3, -0.25) is 0 Å². The smallest absolute Gasteiger partial charge is 0.147 e. The molecule has 1 N–H and O–H groups in total. The summed E-state index contributed by atoms with van der Waals surface area (Å²) in [5.41, 5.74) is 0.725. The molecule has 2 aromatic heterocycles. The van der Waals surface area contributed by atoms with E-state index in [2.05, 4.69) is 5.32 Å². The van der Waals surface area contributed by atoms with Crippen LogP contribution in [0.25, 0.3) is 0 Å². The molecule has 2 nitrogen and oxygen atoms in total. The van der Waals surface area contributed by atoms with Gasteiger partial charge in [-0.2, -0.15) is 5.26 Å². The third-order valence-corrected chi connectivity index (χ3v) is 4.93. The topological polar surface area (TPSA) is 35.8 Å². The molecule has 0 fully saturated rings. The number of nitrogens with one attached hydrogen (secondary N) is 1. The Bertz CT molecular complexity index is 724. The summed E-state index contributed by atoms with van der Waals surface area (Å²) in [7, 11) is 0. The Hall–Kier alpha value is -2.16. The first-order valence-corrected chi connectivity index (χ1v) is 8.07. The molecule has 0 atom stereocenters. The maximum atomic E-state index is 14.1. The highest BCUT2D eigenvalue weighted by Crippen LogP contribution is 2.33. The zero-order chi connectivity index (χ0) is 14.7. The van der Waals surface area contributed by atoms with Crippen LogP contribution in [0.4, 0.5) is 10.1 Å². The van der Waals surface area contributed by atoms with Crippen molar-refractivity contribution >= 4 is 28.4 Å². The summed E-state index contributed by atoms with van der Waals surface area (Å²) < 4.78 is 14.1. The van der Waals surface area contributed by atoms with Crippen LogP contribution in [-0.4, -0.2) is 0 Å². The average Bonchev–Trinajstić information content (AvgIpc) is 3.19. The third kappa shape index (κ3) is 2.97. The van der Waals surface area contributed by atoms with Crippen molar-refractivity contribution in [3.8, 4) is 6.07 Å². The molecular weight excluding hydrogens is 303 g/mol. The number of anilines is 1. The standard InChI is InChI=1S/C16H11FN2S2/c17-12-9-11(10-18)5-6-13(12)19-16(14-3-1-7-20-14)15-4-2-8-21-15/h1-9,16,19H. The summed E-state index contributed by atoms with van der Waals surface area (Å²) in [5, 5.41) is 16.1. The lowest BCUT2D eigenvalue weighted by Crippen LogP contribution is -2.10. The van der Waals surface area contributed by atoms with Gasteiger partial charge in [-0.15, -0.1) is 22.7 Å². The molecule has 0 saturated heterocycles. The number of hydrogen-bond donors (Lipinski definition) is 1. The van der Waals surface area contributed by atoms with Crippen LogP contribution in [0.15, 0.2) is 53.2 Å². The van der Waals surface area contributed by atoms with E-state index in [1.165, 1.54) is 6.07 Å². The predicted octanol–water partition coefficient (Wildman–Crippen LogP) is 5.02. The highest BCUT2D eigenvalue weighted by molar-refractivity contribution is 7.11. The van der Waals surface area contributed by atoms with Crippen molar-refractivity contribution in [2.45, 2.75) is 6.04 Å². The minimum absolute atomic E-state index is 0.0764. The molecule has 0 spiro atoms. The number of halogens is 1. The summed E-state index contributed by atoms with van der Waals surface area (Å²) in [6.07, 6.45) is 0. The fourth-order valence-corrected chi connectivity index (χ4v) is 3.71. The number of nitrogens with zero attached hydrogens (tertiary/aromatic N) is 1. The lowest BCUT2D eigenvalue weighted by atomic mass is 10.1. The molecule has 1 aromatic carbocycles. The number of hydrogen-bond acceptors (Lipinski definition) is 4. The van der Waals surface area contributed by atoms with Gasteiger partial charge in [0.1, 0.15) is 5.82 Å². The maximum absolute atomic E-state index is 14.1.